The van der Waals surface area contributed by atoms with E-state index in [-0.39, 0.29) is 0 Å². The van der Waals surface area contributed by atoms with Gasteiger partial charge < -0.3 is 10.3 Å². The third-order valence-electron chi connectivity index (χ3n) is 5.15. The molecule has 3 heterocycles. The van der Waals surface area contributed by atoms with Crippen LogP contribution in [0.3, 0.4) is 0 Å². The van der Waals surface area contributed by atoms with Crippen molar-refractivity contribution in [1.82, 2.24) is 19.9 Å². The van der Waals surface area contributed by atoms with E-state index < -0.39 is 0 Å². The van der Waals surface area contributed by atoms with Gasteiger partial charge in [0.05, 0.1) is 5.69 Å². The second-order valence-corrected chi connectivity index (χ2v) is 7.00. The summed E-state index contributed by atoms with van der Waals surface area (Å²) < 4.78 is 0. The van der Waals surface area contributed by atoms with Crippen LogP contribution in [0.1, 0.15) is 16.8 Å². The highest BCUT2D eigenvalue weighted by atomic mass is 15.1. The van der Waals surface area contributed by atoms with Crippen LogP contribution < -0.4 is 5.32 Å². The highest BCUT2D eigenvalue weighted by molar-refractivity contribution is 5.83. The second-order valence-electron chi connectivity index (χ2n) is 7.00. The molecule has 2 aromatic heterocycles. The summed E-state index contributed by atoms with van der Waals surface area (Å²) in [6.45, 7) is 2.83. The SMILES string of the molecule is c1ccc(CN2CCc3c(ncnc3Nc3ccc4cc[nH]c4c3)C2)cc1. The van der Waals surface area contributed by atoms with Crippen molar-refractivity contribution in [3.05, 3.63) is 83.9 Å². The zero-order valence-electron chi connectivity index (χ0n) is 15.0. The maximum absolute atomic E-state index is 4.56. The molecule has 134 valence electrons. The Bertz CT molecular complexity index is 1070. The zero-order valence-corrected chi connectivity index (χ0v) is 15.0. The third-order valence-corrected chi connectivity index (χ3v) is 5.15. The fraction of sp³-hybridized carbons (Fsp3) is 0.182. The van der Waals surface area contributed by atoms with Gasteiger partial charge >= 0.3 is 0 Å². The molecule has 5 nitrogen and oxygen atoms in total. The molecule has 0 atom stereocenters. The maximum atomic E-state index is 4.56. The smallest absolute Gasteiger partial charge is 0.137 e. The lowest BCUT2D eigenvalue weighted by atomic mass is 10.0. The molecule has 0 spiro atoms. The first kappa shape index (κ1) is 16.0. The highest BCUT2D eigenvalue weighted by Crippen LogP contribution is 2.27. The first-order chi connectivity index (χ1) is 13.3. The summed E-state index contributed by atoms with van der Waals surface area (Å²) >= 11 is 0. The van der Waals surface area contributed by atoms with E-state index in [1.165, 1.54) is 16.5 Å². The molecule has 0 saturated heterocycles. The van der Waals surface area contributed by atoms with Crippen molar-refractivity contribution in [2.45, 2.75) is 19.5 Å². The summed E-state index contributed by atoms with van der Waals surface area (Å²) in [6.07, 6.45) is 4.58. The topological polar surface area (TPSA) is 56.8 Å². The lowest BCUT2D eigenvalue weighted by molar-refractivity contribution is 0.241. The van der Waals surface area contributed by atoms with E-state index in [1.54, 1.807) is 6.33 Å². The summed E-state index contributed by atoms with van der Waals surface area (Å²) in [7, 11) is 0. The number of benzene rings is 2. The van der Waals surface area contributed by atoms with Crippen LogP contribution in [-0.2, 0) is 19.5 Å². The first-order valence-corrected chi connectivity index (χ1v) is 9.28. The summed E-state index contributed by atoms with van der Waals surface area (Å²) in [5, 5.41) is 4.70. The van der Waals surface area contributed by atoms with Gasteiger partial charge in [0.1, 0.15) is 12.1 Å². The molecule has 4 aromatic rings. The van der Waals surface area contributed by atoms with Gasteiger partial charge in [-0.05, 0) is 35.6 Å². The van der Waals surface area contributed by atoms with Crippen molar-refractivity contribution in [2.24, 2.45) is 0 Å². The van der Waals surface area contributed by atoms with E-state index in [4.69, 9.17) is 0 Å². The lowest BCUT2D eigenvalue weighted by Crippen LogP contribution is -2.31. The van der Waals surface area contributed by atoms with E-state index in [0.717, 1.165) is 48.8 Å². The van der Waals surface area contributed by atoms with Gasteiger partial charge in [0.25, 0.3) is 0 Å². The number of H-pyrrole nitrogens is 1. The van der Waals surface area contributed by atoms with E-state index in [1.807, 2.05) is 6.20 Å². The molecule has 27 heavy (non-hydrogen) atoms. The molecular weight excluding hydrogens is 334 g/mol. The Hall–Kier alpha value is -3.18. The minimum Gasteiger partial charge on any atom is -0.361 e. The lowest BCUT2D eigenvalue weighted by Gasteiger charge is -2.29. The van der Waals surface area contributed by atoms with Crippen molar-refractivity contribution in [1.29, 1.82) is 0 Å². The van der Waals surface area contributed by atoms with Gasteiger partial charge in [-0.15, -0.1) is 0 Å². The van der Waals surface area contributed by atoms with Gasteiger partial charge in [0.15, 0.2) is 0 Å². The summed E-state index contributed by atoms with van der Waals surface area (Å²) in [4.78, 5) is 14.8. The Morgan fingerprint density at radius 3 is 2.89 bits per heavy atom. The summed E-state index contributed by atoms with van der Waals surface area (Å²) in [5.74, 6) is 0.922. The van der Waals surface area contributed by atoms with Crippen LogP contribution in [-0.4, -0.2) is 26.4 Å². The first-order valence-electron chi connectivity index (χ1n) is 9.28. The van der Waals surface area contributed by atoms with Gasteiger partial charge in [-0.3, -0.25) is 4.90 Å². The molecule has 0 unspecified atom stereocenters. The van der Waals surface area contributed by atoms with Crippen LogP contribution in [0, 0.1) is 0 Å². The molecule has 0 amide bonds. The monoisotopic (exact) mass is 355 g/mol. The zero-order chi connectivity index (χ0) is 18.1. The molecular formula is C22H21N5. The molecule has 2 aromatic carbocycles. The minimum atomic E-state index is 0.858. The largest absolute Gasteiger partial charge is 0.361 e. The molecule has 0 aliphatic carbocycles. The summed E-state index contributed by atoms with van der Waals surface area (Å²) in [6, 6.07) is 19.0. The number of anilines is 2. The van der Waals surface area contributed by atoms with Crippen molar-refractivity contribution in [2.75, 3.05) is 11.9 Å². The fourth-order valence-corrected chi connectivity index (χ4v) is 3.76. The summed E-state index contributed by atoms with van der Waals surface area (Å²) in [5.41, 5.74) is 5.85. The number of hydrogen-bond donors (Lipinski definition) is 2. The van der Waals surface area contributed by atoms with E-state index in [2.05, 4.69) is 79.8 Å². The molecule has 2 N–H and O–H groups in total. The Balaban J connectivity index is 1.36. The molecule has 1 aliphatic rings. The number of hydrogen-bond acceptors (Lipinski definition) is 4. The Kier molecular flexibility index (Phi) is 4.07. The molecule has 5 heteroatoms. The van der Waals surface area contributed by atoms with Crippen LogP contribution in [0.5, 0.6) is 0 Å². The number of nitrogens with one attached hydrogen (secondary N) is 2. The van der Waals surface area contributed by atoms with Gasteiger partial charge in [-0.2, -0.15) is 0 Å². The standard InChI is InChI=1S/C22H21N5/c1-2-4-16(5-3-1)13-27-11-9-19-21(14-27)24-15-25-22(19)26-18-7-6-17-8-10-23-20(17)12-18/h1-8,10,12,15,23H,9,11,13-14H2,(H,24,25,26). The van der Waals surface area contributed by atoms with Gasteiger partial charge in [0, 0.05) is 42.6 Å². The van der Waals surface area contributed by atoms with E-state index in [9.17, 15) is 0 Å². The van der Waals surface area contributed by atoms with E-state index in [0.29, 0.717) is 0 Å². The van der Waals surface area contributed by atoms with Crippen molar-refractivity contribution < 1.29 is 0 Å². The van der Waals surface area contributed by atoms with Crippen molar-refractivity contribution >= 4 is 22.4 Å². The van der Waals surface area contributed by atoms with Crippen molar-refractivity contribution in [3.8, 4) is 0 Å². The fourth-order valence-electron chi connectivity index (χ4n) is 3.76. The third kappa shape index (κ3) is 3.29. The molecule has 0 fully saturated rings. The van der Waals surface area contributed by atoms with Crippen LogP contribution in [0.2, 0.25) is 0 Å². The van der Waals surface area contributed by atoms with Gasteiger partial charge in [0.2, 0.25) is 0 Å². The number of aromatic amines is 1. The minimum absolute atomic E-state index is 0.858. The molecule has 1 aliphatic heterocycles. The quantitative estimate of drug-likeness (QED) is 0.574. The normalized spacial score (nSPS) is 14.2. The van der Waals surface area contributed by atoms with Crippen LogP contribution in [0.15, 0.2) is 67.1 Å². The number of fused-ring (bicyclic) bond motifs is 2. The van der Waals surface area contributed by atoms with Crippen LogP contribution in [0.4, 0.5) is 11.5 Å². The number of rotatable bonds is 4. The molecule has 0 saturated carbocycles. The predicted octanol–water partition coefficient (Wildman–Crippen LogP) is 4.26. The molecule has 5 rings (SSSR count). The van der Waals surface area contributed by atoms with Gasteiger partial charge in [-0.25, -0.2) is 9.97 Å². The van der Waals surface area contributed by atoms with Gasteiger partial charge in [-0.1, -0.05) is 36.4 Å². The predicted molar refractivity (Wildman–Crippen MR) is 108 cm³/mol. The van der Waals surface area contributed by atoms with Crippen LogP contribution in [0.25, 0.3) is 10.9 Å². The maximum Gasteiger partial charge on any atom is 0.137 e. The average Bonchev–Trinajstić information content (AvgIpc) is 3.17. The number of nitrogens with zero attached hydrogens (tertiary/aromatic N) is 3. The molecule has 0 radical (unpaired) electrons. The van der Waals surface area contributed by atoms with Crippen molar-refractivity contribution in [3.63, 3.8) is 0 Å². The molecule has 0 bridgehead atoms. The second kappa shape index (κ2) is 6.85. The van der Waals surface area contributed by atoms with Crippen LogP contribution >= 0.6 is 0 Å². The Labute approximate surface area is 158 Å². The number of aromatic nitrogens is 3. The highest BCUT2D eigenvalue weighted by Gasteiger charge is 2.21. The Morgan fingerprint density at radius 2 is 1.96 bits per heavy atom. The average molecular weight is 355 g/mol. The van der Waals surface area contributed by atoms with E-state index >= 15 is 0 Å². The Morgan fingerprint density at radius 1 is 1.04 bits per heavy atom.